The molecule has 2 unspecified atom stereocenters. The highest BCUT2D eigenvalue weighted by atomic mass is 16.5. The molecule has 0 fully saturated rings. The lowest BCUT2D eigenvalue weighted by molar-refractivity contribution is 0.0435. The van der Waals surface area contributed by atoms with E-state index < -0.39 is 0 Å². The second kappa shape index (κ2) is 17.2. The topological polar surface area (TPSA) is 49.7 Å². The van der Waals surface area contributed by atoms with Gasteiger partial charge in [0.1, 0.15) is 0 Å². The highest BCUT2D eigenvalue weighted by Gasteiger charge is 2.18. The minimum absolute atomic E-state index is 0.0845. The van der Waals surface area contributed by atoms with Crippen LogP contribution < -0.4 is 0 Å². The summed E-state index contributed by atoms with van der Waals surface area (Å²) < 4.78 is 5.39. The van der Waals surface area contributed by atoms with Gasteiger partial charge in [0.15, 0.2) is 0 Å². The van der Waals surface area contributed by atoms with Crippen LogP contribution in [0.3, 0.4) is 0 Å². The van der Waals surface area contributed by atoms with Gasteiger partial charge in [-0.1, -0.05) is 71.6 Å². The quantitative estimate of drug-likeness (QED) is 0.383. The van der Waals surface area contributed by atoms with Gasteiger partial charge >= 0.3 is 0 Å². The molecule has 0 aliphatic rings. The van der Waals surface area contributed by atoms with E-state index in [9.17, 15) is 5.11 Å². The first kappa shape index (κ1) is 21.9. The molecule has 0 saturated heterocycles. The predicted octanol–water partition coefficient (Wildman–Crippen LogP) is 4.69. The average molecular weight is 317 g/mol. The maximum atomic E-state index is 10.5. The molecule has 0 spiro atoms. The van der Waals surface area contributed by atoms with E-state index in [-0.39, 0.29) is 12.7 Å². The average Bonchev–Trinajstić information content (AvgIpc) is 2.53. The second-order valence-electron chi connectivity index (χ2n) is 6.50. The maximum Gasteiger partial charge on any atom is 0.0697 e. The van der Waals surface area contributed by atoms with Crippen LogP contribution in [0.5, 0.6) is 0 Å². The van der Waals surface area contributed by atoms with Gasteiger partial charge in [-0.3, -0.25) is 0 Å². The number of aliphatic hydroxyl groups is 2. The number of hydrogen-bond acceptors (Lipinski definition) is 3. The van der Waals surface area contributed by atoms with E-state index in [4.69, 9.17) is 9.84 Å². The molecule has 0 bridgehead atoms. The van der Waals surface area contributed by atoms with Crippen molar-refractivity contribution in [3.8, 4) is 0 Å². The lowest BCUT2D eigenvalue weighted by atomic mass is 9.89. The first-order valence-electron chi connectivity index (χ1n) is 9.62. The lowest BCUT2D eigenvalue weighted by Crippen LogP contribution is -2.22. The SMILES string of the molecule is CCCCCCCC(O)C(CCCCCC)CCOCCO. The zero-order valence-electron chi connectivity index (χ0n) is 15.1. The second-order valence-corrected chi connectivity index (χ2v) is 6.50. The van der Waals surface area contributed by atoms with Gasteiger partial charge in [0.25, 0.3) is 0 Å². The van der Waals surface area contributed by atoms with Crippen LogP contribution in [0.1, 0.15) is 90.9 Å². The highest BCUT2D eigenvalue weighted by Crippen LogP contribution is 2.22. The summed E-state index contributed by atoms with van der Waals surface area (Å²) in [4.78, 5) is 0. The molecule has 0 aliphatic carbocycles. The summed E-state index contributed by atoms with van der Waals surface area (Å²) in [7, 11) is 0. The molecule has 0 radical (unpaired) electrons. The molecule has 0 heterocycles. The first-order valence-corrected chi connectivity index (χ1v) is 9.62. The zero-order chi connectivity index (χ0) is 16.5. The molecule has 22 heavy (non-hydrogen) atoms. The van der Waals surface area contributed by atoms with Crippen LogP contribution in [-0.4, -0.2) is 36.1 Å². The van der Waals surface area contributed by atoms with Gasteiger partial charge in [0, 0.05) is 6.61 Å². The van der Waals surface area contributed by atoms with Crippen LogP contribution in [-0.2, 0) is 4.74 Å². The van der Waals surface area contributed by atoms with Crippen LogP contribution in [0.2, 0.25) is 0 Å². The molecule has 2 atom stereocenters. The Kier molecular flexibility index (Phi) is 17.1. The molecule has 0 aromatic carbocycles. The third kappa shape index (κ3) is 13.5. The van der Waals surface area contributed by atoms with Crippen LogP contribution >= 0.6 is 0 Å². The van der Waals surface area contributed by atoms with Crippen LogP contribution in [0.4, 0.5) is 0 Å². The standard InChI is InChI=1S/C19H40O3/c1-3-5-7-9-11-13-19(21)18(12-10-8-6-4-2)14-16-22-17-15-20/h18-21H,3-17H2,1-2H3. The van der Waals surface area contributed by atoms with E-state index in [1.54, 1.807) is 0 Å². The van der Waals surface area contributed by atoms with Crippen molar-refractivity contribution in [2.24, 2.45) is 5.92 Å². The number of hydrogen-bond donors (Lipinski definition) is 2. The Morgan fingerprint density at radius 3 is 1.95 bits per heavy atom. The van der Waals surface area contributed by atoms with Gasteiger partial charge in [-0.15, -0.1) is 0 Å². The van der Waals surface area contributed by atoms with Crippen molar-refractivity contribution in [1.29, 1.82) is 0 Å². The third-order valence-corrected chi connectivity index (χ3v) is 4.44. The van der Waals surface area contributed by atoms with E-state index in [1.807, 2.05) is 0 Å². The number of aliphatic hydroxyl groups excluding tert-OH is 2. The van der Waals surface area contributed by atoms with Crippen molar-refractivity contribution in [2.75, 3.05) is 19.8 Å². The van der Waals surface area contributed by atoms with Gasteiger partial charge in [0.05, 0.1) is 19.3 Å². The molecule has 0 aromatic heterocycles. The minimum Gasteiger partial charge on any atom is -0.394 e. The van der Waals surface area contributed by atoms with Gasteiger partial charge in [-0.2, -0.15) is 0 Å². The van der Waals surface area contributed by atoms with Gasteiger partial charge in [-0.25, -0.2) is 0 Å². The molecule has 0 aromatic rings. The van der Waals surface area contributed by atoms with Crippen molar-refractivity contribution in [3.63, 3.8) is 0 Å². The summed E-state index contributed by atoms with van der Waals surface area (Å²) in [5, 5.41) is 19.2. The van der Waals surface area contributed by atoms with Gasteiger partial charge in [0.2, 0.25) is 0 Å². The molecular formula is C19H40O3. The van der Waals surface area contributed by atoms with Crippen LogP contribution in [0, 0.1) is 5.92 Å². The van der Waals surface area contributed by atoms with Crippen molar-refractivity contribution >= 4 is 0 Å². The molecule has 0 saturated carbocycles. The normalized spacial score (nSPS) is 14.2. The van der Waals surface area contributed by atoms with Crippen LogP contribution in [0.15, 0.2) is 0 Å². The molecule has 0 amide bonds. The molecule has 2 N–H and O–H groups in total. The molecule has 3 heteroatoms. The Morgan fingerprint density at radius 2 is 1.32 bits per heavy atom. The largest absolute Gasteiger partial charge is 0.394 e. The highest BCUT2D eigenvalue weighted by molar-refractivity contribution is 4.70. The summed E-state index contributed by atoms with van der Waals surface area (Å²) in [5.74, 6) is 0.363. The Hall–Kier alpha value is -0.120. The number of ether oxygens (including phenoxy) is 1. The molecule has 134 valence electrons. The third-order valence-electron chi connectivity index (χ3n) is 4.44. The van der Waals surface area contributed by atoms with Crippen molar-refractivity contribution in [2.45, 2.75) is 97.0 Å². The molecule has 3 nitrogen and oxygen atoms in total. The van der Waals surface area contributed by atoms with Crippen LogP contribution in [0.25, 0.3) is 0 Å². The molecule has 0 rings (SSSR count). The first-order chi connectivity index (χ1) is 10.8. The zero-order valence-corrected chi connectivity index (χ0v) is 15.1. The molecule has 0 aliphatic heterocycles. The Morgan fingerprint density at radius 1 is 0.727 bits per heavy atom. The van der Waals surface area contributed by atoms with Crippen molar-refractivity contribution in [3.05, 3.63) is 0 Å². The number of unbranched alkanes of at least 4 members (excludes halogenated alkanes) is 7. The summed E-state index contributed by atoms with van der Waals surface area (Å²) >= 11 is 0. The van der Waals surface area contributed by atoms with E-state index in [0.29, 0.717) is 19.1 Å². The van der Waals surface area contributed by atoms with Gasteiger partial charge in [-0.05, 0) is 25.2 Å². The summed E-state index contributed by atoms with van der Waals surface area (Å²) in [5.41, 5.74) is 0. The van der Waals surface area contributed by atoms with E-state index in [2.05, 4.69) is 13.8 Å². The Balaban J connectivity index is 3.94. The summed E-state index contributed by atoms with van der Waals surface area (Å²) in [6.07, 6.45) is 14.1. The van der Waals surface area contributed by atoms with Crippen molar-refractivity contribution < 1.29 is 14.9 Å². The lowest BCUT2D eigenvalue weighted by Gasteiger charge is -2.23. The smallest absolute Gasteiger partial charge is 0.0697 e. The molecular weight excluding hydrogens is 276 g/mol. The minimum atomic E-state index is -0.180. The fraction of sp³-hybridized carbons (Fsp3) is 1.00. The van der Waals surface area contributed by atoms with E-state index >= 15 is 0 Å². The van der Waals surface area contributed by atoms with E-state index in [1.165, 1.54) is 51.4 Å². The monoisotopic (exact) mass is 316 g/mol. The van der Waals surface area contributed by atoms with E-state index in [0.717, 1.165) is 25.7 Å². The maximum absolute atomic E-state index is 10.5. The summed E-state index contributed by atoms with van der Waals surface area (Å²) in [6, 6.07) is 0. The predicted molar refractivity (Wildman–Crippen MR) is 94.2 cm³/mol. The fourth-order valence-corrected chi connectivity index (χ4v) is 2.96. The Bertz CT molecular complexity index is 197. The van der Waals surface area contributed by atoms with Crippen molar-refractivity contribution in [1.82, 2.24) is 0 Å². The van der Waals surface area contributed by atoms with Gasteiger partial charge < -0.3 is 14.9 Å². The Labute approximate surface area is 138 Å². The fourth-order valence-electron chi connectivity index (χ4n) is 2.96. The summed E-state index contributed by atoms with van der Waals surface area (Å²) in [6.45, 7) is 5.61. The number of rotatable bonds is 17.